The van der Waals surface area contributed by atoms with E-state index in [1.165, 1.54) is 11.8 Å². The summed E-state index contributed by atoms with van der Waals surface area (Å²) in [4.78, 5) is 0. The molecule has 0 spiro atoms. The van der Waals surface area contributed by atoms with Crippen molar-refractivity contribution in [3.63, 3.8) is 0 Å². The van der Waals surface area contributed by atoms with Crippen molar-refractivity contribution in [1.82, 2.24) is 14.8 Å². The molecule has 1 rings (SSSR count). The largest absolute Gasteiger partial charge is 0.441 e. The predicted octanol–water partition coefficient (Wildman–Crippen LogP) is 2.49. The van der Waals surface area contributed by atoms with E-state index in [4.69, 9.17) is 5.73 Å². The molecular weight excluding hydrogens is 285 g/mol. The standard InChI is InChI=1S/C9H15F3N4S2/c1-2-3-16-7(6-13)14-15-8(16)17-4-5-18-9(10,11)12/h2-6,13H2,1H3. The van der Waals surface area contributed by atoms with Gasteiger partial charge in [0.05, 0.1) is 6.54 Å². The van der Waals surface area contributed by atoms with Crippen LogP contribution in [-0.4, -0.2) is 31.8 Å². The van der Waals surface area contributed by atoms with Crippen molar-refractivity contribution in [3.8, 4) is 0 Å². The van der Waals surface area contributed by atoms with Gasteiger partial charge in [0.15, 0.2) is 5.16 Å². The van der Waals surface area contributed by atoms with E-state index >= 15 is 0 Å². The topological polar surface area (TPSA) is 56.7 Å². The summed E-state index contributed by atoms with van der Waals surface area (Å²) in [5, 5.41) is 8.50. The van der Waals surface area contributed by atoms with Crippen molar-refractivity contribution in [1.29, 1.82) is 0 Å². The van der Waals surface area contributed by atoms with Crippen LogP contribution >= 0.6 is 23.5 Å². The van der Waals surface area contributed by atoms with Gasteiger partial charge in [0, 0.05) is 18.1 Å². The predicted molar refractivity (Wildman–Crippen MR) is 67.4 cm³/mol. The van der Waals surface area contributed by atoms with Gasteiger partial charge in [0.1, 0.15) is 5.82 Å². The smallest absolute Gasteiger partial charge is 0.324 e. The molecule has 9 heteroatoms. The maximum atomic E-state index is 11.9. The lowest BCUT2D eigenvalue weighted by Gasteiger charge is -2.08. The molecule has 1 heterocycles. The first-order valence-corrected chi connectivity index (χ1v) is 7.40. The molecule has 0 aliphatic rings. The Morgan fingerprint density at radius 3 is 2.56 bits per heavy atom. The summed E-state index contributed by atoms with van der Waals surface area (Å²) < 4.78 is 37.7. The third kappa shape index (κ3) is 5.07. The van der Waals surface area contributed by atoms with E-state index in [2.05, 4.69) is 10.2 Å². The molecule has 0 saturated carbocycles. The molecule has 18 heavy (non-hydrogen) atoms. The molecule has 0 atom stereocenters. The van der Waals surface area contributed by atoms with Gasteiger partial charge in [-0.25, -0.2) is 0 Å². The van der Waals surface area contributed by atoms with Gasteiger partial charge in [-0.1, -0.05) is 30.4 Å². The second-order valence-corrected chi connectivity index (χ2v) is 5.62. The molecule has 2 N–H and O–H groups in total. The van der Waals surface area contributed by atoms with Crippen molar-refractivity contribution in [2.45, 2.75) is 37.1 Å². The number of nitrogens with two attached hydrogens (primary N) is 1. The van der Waals surface area contributed by atoms with Gasteiger partial charge >= 0.3 is 5.51 Å². The first-order valence-electron chi connectivity index (χ1n) is 5.43. The number of hydrogen-bond donors (Lipinski definition) is 1. The average Bonchev–Trinajstić information content (AvgIpc) is 2.66. The molecule has 1 aromatic rings. The van der Waals surface area contributed by atoms with Gasteiger partial charge in [-0.05, 0) is 6.42 Å². The highest BCUT2D eigenvalue weighted by Crippen LogP contribution is 2.31. The highest BCUT2D eigenvalue weighted by molar-refractivity contribution is 8.03. The highest BCUT2D eigenvalue weighted by Gasteiger charge is 2.27. The SMILES string of the molecule is CCCn1c(CN)nnc1SCCSC(F)(F)F. The fourth-order valence-corrected chi connectivity index (χ4v) is 2.85. The van der Waals surface area contributed by atoms with Crippen molar-refractivity contribution >= 4 is 23.5 Å². The lowest BCUT2D eigenvalue weighted by molar-refractivity contribution is -0.0326. The molecule has 0 fully saturated rings. The first-order chi connectivity index (χ1) is 8.48. The molecule has 0 amide bonds. The van der Waals surface area contributed by atoms with Crippen molar-refractivity contribution in [2.75, 3.05) is 11.5 Å². The molecule has 1 aromatic heterocycles. The zero-order chi connectivity index (χ0) is 13.6. The Bertz CT molecular complexity index is 367. The normalized spacial score (nSPS) is 12.1. The summed E-state index contributed by atoms with van der Waals surface area (Å²) in [7, 11) is 0. The van der Waals surface area contributed by atoms with Gasteiger partial charge in [-0.15, -0.1) is 10.2 Å². The fourth-order valence-electron chi connectivity index (χ4n) is 1.32. The molecular formula is C9H15F3N4S2. The number of rotatable bonds is 7. The maximum absolute atomic E-state index is 11.9. The van der Waals surface area contributed by atoms with Crippen LogP contribution in [0.15, 0.2) is 5.16 Å². The Morgan fingerprint density at radius 2 is 2.00 bits per heavy atom. The molecule has 0 aliphatic heterocycles. The van der Waals surface area contributed by atoms with Gasteiger partial charge in [0.2, 0.25) is 0 Å². The van der Waals surface area contributed by atoms with Crippen LogP contribution in [0.25, 0.3) is 0 Å². The number of thioether (sulfide) groups is 2. The second-order valence-electron chi connectivity index (χ2n) is 3.40. The monoisotopic (exact) mass is 300 g/mol. The Labute approximate surface area is 112 Å². The first kappa shape index (κ1) is 15.6. The third-order valence-electron chi connectivity index (χ3n) is 2.00. The van der Waals surface area contributed by atoms with Gasteiger partial charge in [0.25, 0.3) is 0 Å². The average molecular weight is 300 g/mol. The number of nitrogens with zero attached hydrogens (tertiary/aromatic N) is 3. The van der Waals surface area contributed by atoms with Gasteiger partial charge in [-0.2, -0.15) is 13.2 Å². The van der Waals surface area contributed by atoms with Crippen LogP contribution in [0.1, 0.15) is 19.2 Å². The van der Waals surface area contributed by atoms with E-state index in [0.717, 1.165) is 13.0 Å². The summed E-state index contributed by atoms with van der Waals surface area (Å²) in [6.07, 6.45) is 0.899. The van der Waals surface area contributed by atoms with Crippen LogP contribution in [0.2, 0.25) is 0 Å². The molecule has 0 saturated heterocycles. The highest BCUT2D eigenvalue weighted by atomic mass is 32.2. The zero-order valence-corrected chi connectivity index (χ0v) is 11.5. The maximum Gasteiger partial charge on any atom is 0.441 e. The number of halogens is 3. The van der Waals surface area contributed by atoms with E-state index < -0.39 is 5.51 Å². The Hall–Kier alpha value is -0.410. The third-order valence-corrected chi connectivity index (χ3v) is 3.97. The molecule has 4 nitrogen and oxygen atoms in total. The second kappa shape index (κ2) is 7.25. The van der Waals surface area contributed by atoms with Crippen molar-refractivity contribution in [2.24, 2.45) is 5.73 Å². The number of aromatic nitrogens is 3. The molecule has 0 aliphatic carbocycles. The summed E-state index contributed by atoms with van der Waals surface area (Å²) in [5.41, 5.74) is 1.35. The van der Waals surface area contributed by atoms with Crippen molar-refractivity contribution < 1.29 is 13.2 Å². The van der Waals surface area contributed by atoms with Crippen LogP contribution < -0.4 is 5.73 Å². The summed E-state index contributed by atoms with van der Waals surface area (Å²) >= 11 is 1.26. The molecule has 0 radical (unpaired) electrons. The summed E-state index contributed by atoms with van der Waals surface area (Å²) in [6, 6.07) is 0. The molecule has 0 unspecified atom stereocenters. The van der Waals surface area contributed by atoms with Crippen LogP contribution in [0.3, 0.4) is 0 Å². The minimum absolute atomic E-state index is 0.00507. The minimum atomic E-state index is -4.17. The van der Waals surface area contributed by atoms with E-state index in [-0.39, 0.29) is 24.1 Å². The van der Waals surface area contributed by atoms with Crippen LogP contribution in [-0.2, 0) is 13.1 Å². The lowest BCUT2D eigenvalue weighted by atomic mass is 10.4. The lowest BCUT2D eigenvalue weighted by Crippen LogP contribution is -2.09. The summed E-state index contributed by atoms with van der Waals surface area (Å²) in [5.74, 6) is 1.02. The number of alkyl halides is 3. The zero-order valence-electron chi connectivity index (χ0n) is 9.90. The Balaban J connectivity index is 2.49. The van der Waals surface area contributed by atoms with Crippen LogP contribution in [0, 0.1) is 0 Å². The minimum Gasteiger partial charge on any atom is -0.324 e. The Kier molecular flexibility index (Phi) is 6.30. The van der Waals surface area contributed by atoms with Gasteiger partial charge < -0.3 is 10.3 Å². The molecule has 0 bridgehead atoms. The van der Waals surface area contributed by atoms with E-state index in [9.17, 15) is 13.2 Å². The van der Waals surface area contributed by atoms with E-state index in [0.29, 0.717) is 16.7 Å². The van der Waals surface area contributed by atoms with Crippen molar-refractivity contribution in [3.05, 3.63) is 5.82 Å². The number of hydrogen-bond acceptors (Lipinski definition) is 5. The Morgan fingerprint density at radius 1 is 1.28 bits per heavy atom. The fraction of sp³-hybridized carbons (Fsp3) is 0.778. The summed E-state index contributed by atoms with van der Waals surface area (Å²) in [6.45, 7) is 3.02. The van der Waals surface area contributed by atoms with Gasteiger partial charge in [-0.3, -0.25) is 0 Å². The van der Waals surface area contributed by atoms with E-state index in [1.54, 1.807) is 0 Å². The van der Waals surface area contributed by atoms with Crippen LogP contribution in [0.4, 0.5) is 13.2 Å². The molecule has 104 valence electrons. The molecule has 0 aromatic carbocycles. The quantitative estimate of drug-likeness (QED) is 0.619. The van der Waals surface area contributed by atoms with Crippen LogP contribution in [0.5, 0.6) is 0 Å². The van der Waals surface area contributed by atoms with E-state index in [1.807, 2.05) is 11.5 Å².